The number of rotatable bonds is 1. The Balaban J connectivity index is 2.61. The van der Waals surface area contributed by atoms with Crippen LogP contribution in [0.15, 0.2) is 41.3 Å². The van der Waals surface area contributed by atoms with Crippen molar-refractivity contribution in [3.63, 3.8) is 0 Å². The van der Waals surface area contributed by atoms with Gasteiger partial charge in [0.25, 0.3) is 0 Å². The minimum Gasteiger partial charge on any atom is -0.398 e. The summed E-state index contributed by atoms with van der Waals surface area (Å²) in [5.74, 6) is 0. The van der Waals surface area contributed by atoms with Gasteiger partial charge in [0.1, 0.15) is 0 Å². The van der Waals surface area contributed by atoms with E-state index in [1.807, 2.05) is 18.2 Å². The zero-order valence-corrected chi connectivity index (χ0v) is 7.40. The van der Waals surface area contributed by atoms with Gasteiger partial charge in [-0.1, -0.05) is 18.2 Å². The van der Waals surface area contributed by atoms with E-state index in [2.05, 4.69) is 9.97 Å². The maximum atomic E-state index is 11.0. The molecule has 0 saturated heterocycles. The number of aromatic amines is 1. The lowest BCUT2D eigenvalue weighted by molar-refractivity contribution is 1.08. The van der Waals surface area contributed by atoms with Gasteiger partial charge in [0.05, 0.1) is 5.69 Å². The fourth-order valence-electron chi connectivity index (χ4n) is 1.27. The molecule has 3 N–H and O–H groups in total. The van der Waals surface area contributed by atoms with Gasteiger partial charge in [0.15, 0.2) is 0 Å². The molecule has 0 amide bonds. The van der Waals surface area contributed by atoms with Gasteiger partial charge in [-0.3, -0.25) is 0 Å². The molecule has 0 spiro atoms. The highest BCUT2D eigenvalue weighted by molar-refractivity contribution is 5.72. The van der Waals surface area contributed by atoms with Crippen LogP contribution >= 0.6 is 0 Å². The summed E-state index contributed by atoms with van der Waals surface area (Å²) in [6.45, 7) is 0. The van der Waals surface area contributed by atoms with Crippen molar-refractivity contribution in [1.82, 2.24) is 9.97 Å². The summed E-state index contributed by atoms with van der Waals surface area (Å²) in [7, 11) is 0. The lowest BCUT2D eigenvalue weighted by Crippen LogP contribution is -2.09. The molecule has 1 heterocycles. The number of hydrogen-bond donors (Lipinski definition) is 2. The highest BCUT2D eigenvalue weighted by atomic mass is 16.1. The van der Waals surface area contributed by atoms with E-state index in [4.69, 9.17) is 5.73 Å². The molecule has 4 heteroatoms. The van der Waals surface area contributed by atoms with Crippen LogP contribution in [0.25, 0.3) is 11.3 Å². The molecule has 14 heavy (non-hydrogen) atoms. The molecule has 70 valence electrons. The molecule has 0 bridgehead atoms. The van der Waals surface area contributed by atoms with Crippen LogP contribution in [0.2, 0.25) is 0 Å². The predicted molar refractivity (Wildman–Crippen MR) is 54.7 cm³/mol. The highest BCUT2D eigenvalue weighted by Gasteiger charge is 2.01. The summed E-state index contributed by atoms with van der Waals surface area (Å²) < 4.78 is 0. The minimum absolute atomic E-state index is 0.370. The third kappa shape index (κ3) is 1.50. The van der Waals surface area contributed by atoms with Gasteiger partial charge in [0, 0.05) is 17.4 Å². The number of nitrogens with two attached hydrogens (primary N) is 1. The third-order valence-electron chi connectivity index (χ3n) is 1.93. The van der Waals surface area contributed by atoms with Crippen molar-refractivity contribution in [3.05, 3.63) is 47.0 Å². The Hall–Kier alpha value is -2.10. The predicted octanol–water partition coefficient (Wildman–Crippen LogP) is 1.02. The molecule has 2 rings (SSSR count). The fourth-order valence-corrected chi connectivity index (χ4v) is 1.27. The van der Waals surface area contributed by atoms with E-state index >= 15 is 0 Å². The smallest absolute Gasteiger partial charge is 0.345 e. The number of hydrogen-bond acceptors (Lipinski definition) is 3. The molecule has 0 aliphatic carbocycles. The Kier molecular flexibility index (Phi) is 2.02. The monoisotopic (exact) mass is 187 g/mol. The molecular weight excluding hydrogens is 178 g/mol. The van der Waals surface area contributed by atoms with Crippen LogP contribution in [-0.2, 0) is 0 Å². The Morgan fingerprint density at radius 2 is 2.00 bits per heavy atom. The lowest BCUT2D eigenvalue weighted by atomic mass is 10.1. The Labute approximate surface area is 80.4 Å². The summed E-state index contributed by atoms with van der Waals surface area (Å²) in [6, 6.07) is 9.06. The minimum atomic E-state index is -0.370. The first-order valence-electron chi connectivity index (χ1n) is 4.17. The topological polar surface area (TPSA) is 71.8 Å². The zero-order valence-electron chi connectivity index (χ0n) is 7.40. The van der Waals surface area contributed by atoms with Crippen LogP contribution in [0.4, 0.5) is 5.69 Å². The summed E-state index contributed by atoms with van der Waals surface area (Å²) >= 11 is 0. The zero-order chi connectivity index (χ0) is 9.97. The molecule has 0 saturated carbocycles. The Bertz CT molecular complexity index is 504. The second-order valence-electron chi connectivity index (χ2n) is 2.88. The van der Waals surface area contributed by atoms with E-state index in [9.17, 15) is 4.79 Å². The van der Waals surface area contributed by atoms with Crippen LogP contribution in [0, 0.1) is 0 Å². The van der Waals surface area contributed by atoms with Gasteiger partial charge in [-0.2, -0.15) is 0 Å². The standard InChI is InChI=1S/C10H9N3O/c11-8-4-2-1-3-7(8)9-5-6-12-10(14)13-9/h1-6H,11H2,(H,12,13,14). The number of anilines is 1. The first kappa shape index (κ1) is 8.50. The number of para-hydroxylation sites is 1. The van der Waals surface area contributed by atoms with Crippen molar-refractivity contribution < 1.29 is 0 Å². The average molecular weight is 187 g/mol. The van der Waals surface area contributed by atoms with Gasteiger partial charge in [-0.05, 0) is 12.1 Å². The van der Waals surface area contributed by atoms with Crippen LogP contribution in [0.3, 0.4) is 0 Å². The molecule has 0 aliphatic heterocycles. The molecule has 0 unspecified atom stereocenters. The summed E-state index contributed by atoms with van der Waals surface area (Å²) in [5.41, 5.74) is 7.52. The van der Waals surface area contributed by atoms with Gasteiger partial charge in [0.2, 0.25) is 0 Å². The molecule has 0 atom stereocenters. The van der Waals surface area contributed by atoms with Crippen molar-refractivity contribution >= 4 is 5.69 Å². The van der Waals surface area contributed by atoms with Crippen LogP contribution in [0.5, 0.6) is 0 Å². The van der Waals surface area contributed by atoms with E-state index in [-0.39, 0.29) is 5.69 Å². The lowest BCUT2D eigenvalue weighted by Gasteiger charge is -2.03. The van der Waals surface area contributed by atoms with Gasteiger partial charge < -0.3 is 10.7 Å². The van der Waals surface area contributed by atoms with Crippen LogP contribution < -0.4 is 11.4 Å². The first-order chi connectivity index (χ1) is 6.77. The van der Waals surface area contributed by atoms with Gasteiger partial charge in [-0.15, -0.1) is 0 Å². The van der Waals surface area contributed by atoms with Crippen LogP contribution in [0.1, 0.15) is 0 Å². The number of benzene rings is 1. The molecule has 1 aromatic carbocycles. The normalized spacial score (nSPS) is 10.0. The maximum Gasteiger partial charge on any atom is 0.345 e. The average Bonchev–Trinajstić information content (AvgIpc) is 2.18. The molecule has 4 nitrogen and oxygen atoms in total. The number of nitrogen functional groups attached to an aromatic ring is 1. The van der Waals surface area contributed by atoms with Gasteiger partial charge >= 0.3 is 5.69 Å². The summed E-state index contributed by atoms with van der Waals surface area (Å²) in [4.78, 5) is 17.1. The van der Waals surface area contributed by atoms with Crippen molar-refractivity contribution in [3.8, 4) is 11.3 Å². The van der Waals surface area contributed by atoms with E-state index < -0.39 is 0 Å². The van der Waals surface area contributed by atoms with Crippen LogP contribution in [-0.4, -0.2) is 9.97 Å². The van der Waals surface area contributed by atoms with E-state index in [0.29, 0.717) is 11.4 Å². The van der Waals surface area contributed by atoms with E-state index in [0.717, 1.165) is 5.56 Å². The molecule has 0 radical (unpaired) electrons. The first-order valence-corrected chi connectivity index (χ1v) is 4.17. The van der Waals surface area contributed by atoms with E-state index in [1.165, 1.54) is 6.20 Å². The SMILES string of the molecule is Nc1ccccc1-c1ccnc(=O)[nH]1. The molecule has 1 aromatic heterocycles. The Morgan fingerprint density at radius 1 is 1.21 bits per heavy atom. The number of nitrogens with one attached hydrogen (secondary N) is 1. The van der Waals surface area contributed by atoms with Crippen molar-refractivity contribution in [2.24, 2.45) is 0 Å². The van der Waals surface area contributed by atoms with E-state index in [1.54, 1.807) is 12.1 Å². The molecule has 2 aromatic rings. The number of nitrogens with zero attached hydrogens (tertiary/aromatic N) is 1. The molecule has 0 fully saturated rings. The molecular formula is C10H9N3O. The number of H-pyrrole nitrogens is 1. The molecule has 0 aliphatic rings. The second kappa shape index (κ2) is 3.33. The maximum absolute atomic E-state index is 11.0. The summed E-state index contributed by atoms with van der Waals surface area (Å²) in [5, 5.41) is 0. The van der Waals surface area contributed by atoms with Crippen molar-refractivity contribution in [2.75, 3.05) is 5.73 Å². The van der Waals surface area contributed by atoms with Crippen molar-refractivity contribution in [1.29, 1.82) is 0 Å². The summed E-state index contributed by atoms with van der Waals surface area (Å²) in [6.07, 6.45) is 1.46. The fraction of sp³-hybridized carbons (Fsp3) is 0. The highest BCUT2D eigenvalue weighted by Crippen LogP contribution is 2.21. The quantitative estimate of drug-likeness (QED) is 0.654. The van der Waals surface area contributed by atoms with Gasteiger partial charge in [-0.25, -0.2) is 9.78 Å². The largest absolute Gasteiger partial charge is 0.398 e. The third-order valence-corrected chi connectivity index (χ3v) is 1.93. The number of aromatic nitrogens is 2. The van der Waals surface area contributed by atoms with Crippen molar-refractivity contribution in [2.45, 2.75) is 0 Å². The second-order valence-corrected chi connectivity index (χ2v) is 2.88. The Morgan fingerprint density at radius 3 is 2.71 bits per heavy atom.